The molecular formula is C62H54N2S. The maximum absolute atomic E-state index is 2.42. The molecule has 1 aliphatic rings. The molecule has 0 radical (unpaired) electrons. The van der Waals surface area contributed by atoms with Crippen LogP contribution in [-0.2, 0) is 0 Å². The zero-order valence-corrected chi connectivity index (χ0v) is 38.4. The van der Waals surface area contributed by atoms with E-state index in [-0.39, 0.29) is 6.04 Å². The van der Waals surface area contributed by atoms with Gasteiger partial charge >= 0.3 is 0 Å². The molecule has 1 aromatic heterocycles. The van der Waals surface area contributed by atoms with Crippen LogP contribution in [0.3, 0.4) is 0 Å². The fraction of sp³-hybridized carbons (Fsp3) is 0.0968. The topological polar surface area (TPSA) is 6.48 Å². The lowest BCUT2D eigenvalue weighted by Gasteiger charge is -2.31. The summed E-state index contributed by atoms with van der Waals surface area (Å²) in [7, 11) is 0. The SMILES string of the molecule is CC=CC(=CC)N(c1ccc(-c2ccc(N(c3ccc(-c4ccccc4)cc3)c3ccc(-c4ccccc4)cc3)cc2)cc1)C(C)C=CC(=CC)c1ccc2sc3c(c2c1)C=CCC=C3. The lowest BCUT2D eigenvalue weighted by Crippen LogP contribution is -2.30. The summed E-state index contributed by atoms with van der Waals surface area (Å²) >= 11 is 1.87. The Morgan fingerprint density at radius 2 is 1.02 bits per heavy atom. The van der Waals surface area contributed by atoms with Crippen LogP contribution in [0, 0.1) is 0 Å². The van der Waals surface area contributed by atoms with E-state index in [0.717, 1.165) is 34.9 Å². The monoisotopic (exact) mass is 858 g/mol. The first kappa shape index (κ1) is 42.8. The Kier molecular flexibility index (Phi) is 13.1. The number of thiophene rings is 1. The Balaban J connectivity index is 0.978. The Hall–Kier alpha value is -7.46. The third-order valence-corrected chi connectivity index (χ3v) is 13.3. The van der Waals surface area contributed by atoms with Crippen molar-refractivity contribution in [3.63, 3.8) is 0 Å². The minimum Gasteiger partial charge on any atom is -0.335 e. The molecule has 0 saturated heterocycles. The minimum atomic E-state index is 0.0844. The molecule has 0 N–H and O–H groups in total. The third kappa shape index (κ3) is 9.43. The Labute approximate surface area is 389 Å². The lowest BCUT2D eigenvalue weighted by molar-refractivity contribution is 0.832. The highest BCUT2D eigenvalue weighted by atomic mass is 32.1. The summed E-state index contributed by atoms with van der Waals surface area (Å²) in [5.41, 5.74) is 16.5. The van der Waals surface area contributed by atoms with Gasteiger partial charge in [0.15, 0.2) is 0 Å². The quantitative estimate of drug-likeness (QED) is 0.107. The molecule has 0 spiro atoms. The van der Waals surface area contributed by atoms with Gasteiger partial charge in [0, 0.05) is 55.0 Å². The number of hydrogen-bond donors (Lipinski definition) is 0. The molecule has 0 saturated carbocycles. The van der Waals surface area contributed by atoms with Gasteiger partial charge in [0.25, 0.3) is 0 Å². The van der Waals surface area contributed by atoms with Crippen molar-refractivity contribution < 1.29 is 0 Å². The highest BCUT2D eigenvalue weighted by Crippen LogP contribution is 2.39. The predicted octanol–water partition coefficient (Wildman–Crippen LogP) is 18.1. The number of rotatable bonds is 13. The molecule has 1 aliphatic carbocycles. The van der Waals surface area contributed by atoms with Gasteiger partial charge in [0.1, 0.15) is 0 Å². The molecule has 8 aromatic rings. The normalized spacial score (nSPS) is 13.4. The highest BCUT2D eigenvalue weighted by molar-refractivity contribution is 7.20. The maximum atomic E-state index is 2.42. The van der Waals surface area contributed by atoms with Crippen molar-refractivity contribution >= 4 is 61.9 Å². The summed E-state index contributed by atoms with van der Waals surface area (Å²) in [4.78, 5) is 6.10. The second-order valence-electron chi connectivity index (χ2n) is 16.3. The van der Waals surface area contributed by atoms with E-state index in [2.05, 4.69) is 274 Å². The molecule has 65 heavy (non-hydrogen) atoms. The van der Waals surface area contributed by atoms with E-state index in [4.69, 9.17) is 0 Å². The summed E-state index contributed by atoms with van der Waals surface area (Å²) in [5, 5.41) is 1.33. The average molecular weight is 859 g/mol. The number of benzene rings is 7. The number of anilines is 4. The molecule has 9 rings (SSSR count). The van der Waals surface area contributed by atoms with Crippen LogP contribution in [0.15, 0.2) is 230 Å². The molecule has 0 aliphatic heterocycles. The molecule has 1 unspecified atom stereocenters. The van der Waals surface area contributed by atoms with Crippen LogP contribution >= 0.6 is 11.3 Å². The van der Waals surface area contributed by atoms with Gasteiger partial charge in [-0.25, -0.2) is 0 Å². The number of fused-ring (bicyclic) bond motifs is 3. The van der Waals surface area contributed by atoms with Gasteiger partial charge in [0.2, 0.25) is 0 Å². The number of hydrogen-bond acceptors (Lipinski definition) is 3. The van der Waals surface area contributed by atoms with E-state index < -0.39 is 0 Å². The molecule has 3 heteroatoms. The molecule has 0 fully saturated rings. The minimum absolute atomic E-state index is 0.0844. The summed E-state index contributed by atoms with van der Waals surface area (Å²) in [6.45, 7) is 8.61. The number of allylic oxidation sites excluding steroid dienone is 8. The fourth-order valence-electron chi connectivity index (χ4n) is 8.78. The molecule has 0 amide bonds. The van der Waals surface area contributed by atoms with E-state index in [9.17, 15) is 0 Å². The lowest BCUT2D eigenvalue weighted by atomic mass is 10.00. The van der Waals surface area contributed by atoms with Crippen LogP contribution in [-0.4, -0.2) is 6.04 Å². The zero-order chi connectivity index (χ0) is 44.5. The standard InChI is InChI=1S/C62H54N2S/c1-5-17-54(7-3)63(45(4)24-25-46(6-2)53-34-43-62-60(44-53)59-22-15-10-16-23-61(59)65-62)55-35-26-51(27-36-55)52-32-41-58(42-33-52)64(56-37-28-49(29-38-56)47-18-11-8-12-19-47)57-39-30-50(31-40-57)48-20-13-9-14-21-48/h5-9,11-45H,10H2,1-4H3. The summed E-state index contributed by atoms with van der Waals surface area (Å²) in [6.07, 6.45) is 23.4. The first-order valence-electron chi connectivity index (χ1n) is 22.7. The first-order valence-corrected chi connectivity index (χ1v) is 23.5. The van der Waals surface area contributed by atoms with Crippen molar-refractivity contribution in [1.82, 2.24) is 0 Å². The van der Waals surface area contributed by atoms with Gasteiger partial charge in [-0.3, -0.25) is 0 Å². The van der Waals surface area contributed by atoms with Crippen LogP contribution in [0.4, 0.5) is 22.7 Å². The first-order chi connectivity index (χ1) is 32.0. The van der Waals surface area contributed by atoms with Crippen molar-refractivity contribution in [2.24, 2.45) is 0 Å². The van der Waals surface area contributed by atoms with Crippen LogP contribution in [0.2, 0.25) is 0 Å². The van der Waals surface area contributed by atoms with Gasteiger partial charge in [-0.15, -0.1) is 11.3 Å². The van der Waals surface area contributed by atoms with E-state index in [1.54, 1.807) is 0 Å². The van der Waals surface area contributed by atoms with Crippen LogP contribution in [0.1, 0.15) is 50.1 Å². The number of nitrogens with zero attached hydrogens (tertiary/aromatic N) is 2. The van der Waals surface area contributed by atoms with Crippen molar-refractivity contribution in [2.75, 3.05) is 9.80 Å². The van der Waals surface area contributed by atoms with Crippen molar-refractivity contribution in [3.8, 4) is 33.4 Å². The van der Waals surface area contributed by atoms with Crippen LogP contribution in [0.5, 0.6) is 0 Å². The molecule has 1 heterocycles. The van der Waals surface area contributed by atoms with Gasteiger partial charge in [0.05, 0.1) is 0 Å². The summed E-state index contributed by atoms with van der Waals surface area (Å²) in [5.74, 6) is 0. The predicted molar refractivity (Wildman–Crippen MR) is 285 cm³/mol. The van der Waals surface area contributed by atoms with Crippen molar-refractivity contribution in [3.05, 3.63) is 246 Å². The third-order valence-electron chi connectivity index (χ3n) is 12.2. The second-order valence-corrected chi connectivity index (χ2v) is 17.4. The van der Waals surface area contributed by atoms with Gasteiger partial charge in [-0.2, -0.15) is 0 Å². The Morgan fingerprint density at radius 1 is 0.523 bits per heavy atom. The molecule has 0 bridgehead atoms. The van der Waals surface area contributed by atoms with E-state index in [1.165, 1.54) is 65.0 Å². The molecular weight excluding hydrogens is 805 g/mol. The zero-order valence-electron chi connectivity index (χ0n) is 37.6. The van der Waals surface area contributed by atoms with E-state index in [1.807, 2.05) is 11.3 Å². The van der Waals surface area contributed by atoms with Gasteiger partial charge in [-0.1, -0.05) is 164 Å². The van der Waals surface area contributed by atoms with Crippen molar-refractivity contribution in [2.45, 2.75) is 40.2 Å². The molecule has 7 aromatic carbocycles. The Bertz CT molecular complexity index is 2970. The van der Waals surface area contributed by atoms with Gasteiger partial charge < -0.3 is 9.80 Å². The Morgan fingerprint density at radius 3 is 1.51 bits per heavy atom. The summed E-state index contributed by atoms with van der Waals surface area (Å²) < 4.78 is 1.33. The molecule has 1 atom stereocenters. The molecule has 318 valence electrons. The summed E-state index contributed by atoms with van der Waals surface area (Å²) in [6, 6.07) is 63.8. The van der Waals surface area contributed by atoms with Crippen LogP contribution < -0.4 is 9.80 Å². The highest BCUT2D eigenvalue weighted by Gasteiger charge is 2.18. The average Bonchev–Trinajstić information content (AvgIpc) is 3.54. The largest absolute Gasteiger partial charge is 0.335 e. The molecule has 2 nitrogen and oxygen atoms in total. The van der Waals surface area contributed by atoms with Crippen molar-refractivity contribution in [1.29, 1.82) is 0 Å². The van der Waals surface area contributed by atoms with E-state index in [0.29, 0.717) is 0 Å². The van der Waals surface area contributed by atoms with Crippen LogP contribution in [0.25, 0.3) is 61.2 Å². The fourth-order valence-corrected chi connectivity index (χ4v) is 9.88. The smallest absolute Gasteiger partial charge is 0.0497 e. The van der Waals surface area contributed by atoms with E-state index >= 15 is 0 Å². The van der Waals surface area contributed by atoms with Gasteiger partial charge in [-0.05, 0) is 151 Å². The maximum Gasteiger partial charge on any atom is 0.0497 e. The second kappa shape index (κ2) is 19.9.